The second-order valence-corrected chi connectivity index (χ2v) is 13.7. The van der Waals surface area contributed by atoms with Gasteiger partial charge in [0.2, 0.25) is 0 Å². The summed E-state index contributed by atoms with van der Waals surface area (Å²) in [5.74, 6) is 0. The molecule has 0 bridgehead atoms. The predicted octanol–water partition coefficient (Wildman–Crippen LogP) is 12.5. The minimum Gasteiger partial charge on any atom is -0.309 e. The predicted molar refractivity (Wildman–Crippen MR) is 219 cm³/mol. The second-order valence-electron chi connectivity index (χ2n) is 13.7. The topological polar surface area (TPSA) is 54.5 Å². The molecular weight excluding hydrogens is 645 g/mol. The standard InChI is InChI=1S/C49H28N4/c50-29-30-19-22-38-42-28-33(21-24-43(42)53(44(38)26-30)35-13-2-1-3-14-35)32-10-8-11-34(27-32)47-41-23-20-31-12-9-25-51-48(31)46(41)45-39-17-6-4-15-36(39)37-16-5-7-18-40(37)49(45)52-47/h1-28H. The summed E-state index contributed by atoms with van der Waals surface area (Å²) >= 11 is 0. The van der Waals surface area contributed by atoms with Crippen LogP contribution < -0.4 is 0 Å². The summed E-state index contributed by atoms with van der Waals surface area (Å²) in [6.07, 6.45) is 1.89. The van der Waals surface area contributed by atoms with E-state index in [1.807, 2.05) is 30.5 Å². The highest BCUT2D eigenvalue weighted by Crippen LogP contribution is 2.44. The monoisotopic (exact) mass is 672 g/mol. The Morgan fingerprint density at radius 1 is 0.453 bits per heavy atom. The number of hydrogen-bond donors (Lipinski definition) is 0. The quantitative estimate of drug-likeness (QED) is 0.176. The minimum atomic E-state index is 0.643. The molecule has 4 nitrogen and oxygen atoms in total. The first-order valence-corrected chi connectivity index (χ1v) is 17.8. The molecule has 0 amide bonds. The van der Waals surface area contributed by atoms with E-state index in [0.29, 0.717) is 5.56 Å². The van der Waals surface area contributed by atoms with Gasteiger partial charge in [-0.05, 0) is 75.8 Å². The SMILES string of the molecule is N#Cc1ccc2c3cc(-c4cccc(-c5nc6c7ccccc7c7ccccc7c6c6c5ccc5cccnc56)c4)ccc3n(-c3ccccc3)c2c1. The molecule has 0 fully saturated rings. The molecule has 11 rings (SSSR count). The summed E-state index contributed by atoms with van der Waals surface area (Å²) in [5.41, 5.74) is 10.00. The molecule has 11 aromatic rings. The lowest BCUT2D eigenvalue weighted by atomic mass is 9.91. The van der Waals surface area contributed by atoms with Crippen LogP contribution >= 0.6 is 0 Å². The first-order chi connectivity index (χ1) is 26.2. The molecular formula is C49H28N4. The first kappa shape index (κ1) is 29.4. The Kier molecular flexibility index (Phi) is 6.28. The van der Waals surface area contributed by atoms with Crippen molar-refractivity contribution >= 4 is 75.9 Å². The van der Waals surface area contributed by atoms with E-state index in [1.54, 1.807) is 0 Å². The molecule has 0 aliphatic rings. The molecule has 0 unspecified atom stereocenters. The molecule has 0 atom stereocenters. The van der Waals surface area contributed by atoms with E-state index in [-0.39, 0.29) is 0 Å². The highest BCUT2D eigenvalue weighted by atomic mass is 15.0. The number of para-hydroxylation sites is 1. The molecule has 0 N–H and O–H groups in total. The Bertz CT molecular complexity index is 3350. The van der Waals surface area contributed by atoms with E-state index in [4.69, 9.17) is 9.97 Å². The summed E-state index contributed by atoms with van der Waals surface area (Å²) in [6, 6.07) is 59.9. The van der Waals surface area contributed by atoms with Gasteiger partial charge in [0, 0.05) is 55.2 Å². The van der Waals surface area contributed by atoms with Gasteiger partial charge in [0.15, 0.2) is 0 Å². The summed E-state index contributed by atoms with van der Waals surface area (Å²) in [6.45, 7) is 0. The molecule has 0 aliphatic carbocycles. The summed E-state index contributed by atoms with van der Waals surface area (Å²) in [4.78, 5) is 10.6. The summed E-state index contributed by atoms with van der Waals surface area (Å²) < 4.78 is 2.25. The first-order valence-electron chi connectivity index (χ1n) is 17.8. The van der Waals surface area contributed by atoms with E-state index in [2.05, 4.69) is 150 Å². The third kappa shape index (κ3) is 4.35. The van der Waals surface area contributed by atoms with Crippen molar-refractivity contribution in [3.05, 3.63) is 176 Å². The molecule has 0 aliphatic heterocycles. The van der Waals surface area contributed by atoms with Crippen LogP contribution in [0.3, 0.4) is 0 Å². The normalized spacial score (nSPS) is 11.8. The fourth-order valence-electron chi connectivity index (χ4n) is 8.45. The smallest absolute Gasteiger partial charge is 0.0992 e. The average molecular weight is 673 g/mol. The van der Waals surface area contributed by atoms with Crippen LogP contribution in [0.25, 0.3) is 104 Å². The Hall–Kier alpha value is -7.35. The lowest BCUT2D eigenvalue weighted by molar-refractivity contribution is 1.18. The highest BCUT2D eigenvalue weighted by Gasteiger charge is 2.20. The fourth-order valence-corrected chi connectivity index (χ4v) is 8.45. The van der Waals surface area contributed by atoms with Crippen LogP contribution in [0.2, 0.25) is 0 Å². The minimum absolute atomic E-state index is 0.643. The van der Waals surface area contributed by atoms with Crippen LogP contribution in [0.5, 0.6) is 0 Å². The maximum absolute atomic E-state index is 9.75. The zero-order valence-corrected chi connectivity index (χ0v) is 28.5. The lowest BCUT2D eigenvalue weighted by Gasteiger charge is -2.16. The van der Waals surface area contributed by atoms with Crippen molar-refractivity contribution in [2.45, 2.75) is 0 Å². The second kappa shape index (κ2) is 11.3. The largest absolute Gasteiger partial charge is 0.309 e. The van der Waals surface area contributed by atoms with Crippen LogP contribution in [-0.2, 0) is 0 Å². The number of benzene rings is 8. The number of nitriles is 1. The molecule has 0 spiro atoms. The number of rotatable bonds is 3. The molecule has 0 saturated heterocycles. The van der Waals surface area contributed by atoms with Crippen molar-refractivity contribution in [3.8, 4) is 34.1 Å². The Morgan fingerprint density at radius 3 is 2.02 bits per heavy atom. The molecule has 8 aromatic carbocycles. The highest BCUT2D eigenvalue weighted by molar-refractivity contribution is 6.34. The number of nitrogens with zero attached hydrogens (tertiary/aromatic N) is 4. The molecule has 0 saturated carbocycles. The number of pyridine rings is 2. The van der Waals surface area contributed by atoms with Gasteiger partial charge >= 0.3 is 0 Å². The van der Waals surface area contributed by atoms with Gasteiger partial charge in [0.1, 0.15) is 0 Å². The summed E-state index contributed by atoms with van der Waals surface area (Å²) in [5, 5.41) is 21.2. The van der Waals surface area contributed by atoms with Crippen LogP contribution in [0.4, 0.5) is 0 Å². The summed E-state index contributed by atoms with van der Waals surface area (Å²) in [7, 11) is 0. The number of fused-ring (bicyclic) bond motifs is 13. The van der Waals surface area contributed by atoms with Crippen molar-refractivity contribution in [1.82, 2.24) is 14.5 Å². The molecule has 3 heterocycles. The maximum atomic E-state index is 9.75. The van der Waals surface area contributed by atoms with Crippen molar-refractivity contribution < 1.29 is 0 Å². The van der Waals surface area contributed by atoms with E-state index in [9.17, 15) is 5.26 Å². The van der Waals surface area contributed by atoms with Crippen LogP contribution in [0.15, 0.2) is 170 Å². The zero-order valence-electron chi connectivity index (χ0n) is 28.5. The van der Waals surface area contributed by atoms with E-state index >= 15 is 0 Å². The van der Waals surface area contributed by atoms with Crippen molar-refractivity contribution in [2.75, 3.05) is 0 Å². The van der Waals surface area contributed by atoms with Crippen molar-refractivity contribution in [2.24, 2.45) is 0 Å². The van der Waals surface area contributed by atoms with Crippen molar-refractivity contribution in [1.29, 1.82) is 5.26 Å². The van der Waals surface area contributed by atoms with E-state index < -0.39 is 0 Å². The Labute approximate surface area is 304 Å². The molecule has 3 aromatic heterocycles. The van der Waals surface area contributed by atoms with E-state index in [1.165, 1.54) is 16.2 Å². The van der Waals surface area contributed by atoms with Gasteiger partial charge in [0.05, 0.1) is 39.4 Å². The fraction of sp³-hybridized carbons (Fsp3) is 0. The van der Waals surface area contributed by atoms with Gasteiger partial charge < -0.3 is 4.57 Å². The Morgan fingerprint density at radius 2 is 1.17 bits per heavy atom. The van der Waals surface area contributed by atoms with Gasteiger partial charge in [-0.1, -0.05) is 115 Å². The number of hydrogen-bond acceptors (Lipinski definition) is 3. The van der Waals surface area contributed by atoms with Gasteiger partial charge in [-0.25, -0.2) is 4.98 Å². The average Bonchev–Trinajstić information content (AvgIpc) is 3.56. The molecule has 53 heavy (non-hydrogen) atoms. The van der Waals surface area contributed by atoms with Gasteiger partial charge in [0.25, 0.3) is 0 Å². The molecule has 4 heteroatoms. The van der Waals surface area contributed by atoms with Gasteiger partial charge in [-0.15, -0.1) is 0 Å². The van der Waals surface area contributed by atoms with Crippen LogP contribution in [0.1, 0.15) is 5.56 Å². The van der Waals surface area contributed by atoms with Crippen LogP contribution in [0, 0.1) is 11.3 Å². The molecule has 244 valence electrons. The van der Waals surface area contributed by atoms with Gasteiger partial charge in [-0.3, -0.25) is 4.98 Å². The third-order valence-corrected chi connectivity index (χ3v) is 10.8. The maximum Gasteiger partial charge on any atom is 0.0992 e. The third-order valence-electron chi connectivity index (χ3n) is 10.8. The lowest BCUT2D eigenvalue weighted by Crippen LogP contribution is -1.95. The van der Waals surface area contributed by atoms with Gasteiger partial charge in [-0.2, -0.15) is 5.26 Å². The molecule has 0 radical (unpaired) electrons. The van der Waals surface area contributed by atoms with Crippen LogP contribution in [-0.4, -0.2) is 14.5 Å². The van der Waals surface area contributed by atoms with Crippen molar-refractivity contribution in [3.63, 3.8) is 0 Å². The zero-order chi connectivity index (χ0) is 35.0. The Balaban J connectivity index is 1.18. The van der Waals surface area contributed by atoms with E-state index in [0.717, 1.165) is 87.8 Å². The number of aromatic nitrogens is 3.